The molecule has 46 valence electrons. The van der Waals surface area contributed by atoms with E-state index in [4.69, 9.17) is 0 Å². The van der Waals surface area contributed by atoms with Crippen LogP contribution < -0.4 is 0 Å². The summed E-state index contributed by atoms with van der Waals surface area (Å²) in [6, 6.07) is 0. The third-order valence-electron chi connectivity index (χ3n) is 1.62. The van der Waals surface area contributed by atoms with Crippen molar-refractivity contribution < 1.29 is 0 Å². The molecule has 0 aliphatic heterocycles. The summed E-state index contributed by atoms with van der Waals surface area (Å²) in [5.41, 5.74) is 2.88. The molecule has 2 aliphatic carbocycles. The Kier molecular flexibility index (Phi) is 1.12. The van der Waals surface area contributed by atoms with Crippen molar-refractivity contribution in [1.29, 1.82) is 0 Å². The molecule has 0 amide bonds. The first-order valence-corrected chi connectivity index (χ1v) is 4.02. The van der Waals surface area contributed by atoms with E-state index in [9.17, 15) is 0 Å². The Bertz CT molecular complexity index is 221. The zero-order chi connectivity index (χ0) is 6.27. The van der Waals surface area contributed by atoms with Crippen LogP contribution in [0.3, 0.4) is 0 Å². The van der Waals surface area contributed by atoms with Gasteiger partial charge in [-0.1, -0.05) is 40.2 Å². The minimum Gasteiger partial charge on any atom is -0.0801 e. The smallest absolute Gasteiger partial charge is 0.0584 e. The van der Waals surface area contributed by atoms with E-state index in [0.29, 0.717) is 4.83 Å². The van der Waals surface area contributed by atoms with Gasteiger partial charge >= 0.3 is 0 Å². The third kappa shape index (κ3) is 0.897. The van der Waals surface area contributed by atoms with Gasteiger partial charge in [0.1, 0.15) is 0 Å². The zero-order valence-corrected chi connectivity index (χ0v) is 6.56. The van der Waals surface area contributed by atoms with Gasteiger partial charge in [0.15, 0.2) is 0 Å². The average Bonchev–Trinajstić information content (AvgIpc) is 2.44. The van der Waals surface area contributed by atoms with E-state index in [-0.39, 0.29) is 0 Å². The van der Waals surface area contributed by atoms with Crippen LogP contribution in [0.15, 0.2) is 35.5 Å². The molecule has 1 heteroatoms. The van der Waals surface area contributed by atoms with Gasteiger partial charge in [0.2, 0.25) is 0 Å². The highest BCUT2D eigenvalue weighted by molar-refractivity contribution is 9.10. The van der Waals surface area contributed by atoms with Gasteiger partial charge in [0, 0.05) is 0 Å². The lowest BCUT2D eigenvalue weighted by atomic mass is 10.2. The molecule has 0 saturated carbocycles. The number of hydrogen-bond donors (Lipinski definition) is 0. The van der Waals surface area contributed by atoms with E-state index < -0.39 is 0 Å². The fourth-order valence-corrected chi connectivity index (χ4v) is 1.59. The maximum atomic E-state index is 3.49. The van der Waals surface area contributed by atoms with Crippen LogP contribution in [0.4, 0.5) is 0 Å². The van der Waals surface area contributed by atoms with Gasteiger partial charge in [-0.05, 0) is 17.6 Å². The fourth-order valence-electron chi connectivity index (χ4n) is 1.04. The summed E-state index contributed by atoms with van der Waals surface area (Å²) >= 11 is 3.49. The van der Waals surface area contributed by atoms with E-state index in [1.807, 2.05) is 0 Å². The molecule has 0 aromatic rings. The normalized spacial score (nSPS) is 30.1. The van der Waals surface area contributed by atoms with Crippen molar-refractivity contribution in [2.45, 2.75) is 11.2 Å². The lowest BCUT2D eigenvalue weighted by molar-refractivity contribution is 1.43. The molecule has 9 heavy (non-hydrogen) atoms. The van der Waals surface area contributed by atoms with E-state index in [0.717, 1.165) is 6.42 Å². The van der Waals surface area contributed by atoms with Gasteiger partial charge < -0.3 is 0 Å². The predicted octanol–water partition coefficient (Wildman–Crippen LogP) is 2.58. The number of allylic oxidation sites excluding steroid dienone is 6. The Morgan fingerprint density at radius 3 is 2.78 bits per heavy atom. The van der Waals surface area contributed by atoms with Gasteiger partial charge in [0.25, 0.3) is 0 Å². The van der Waals surface area contributed by atoms with Crippen molar-refractivity contribution in [3.8, 4) is 0 Å². The van der Waals surface area contributed by atoms with Crippen molar-refractivity contribution in [3.63, 3.8) is 0 Å². The Hall–Kier alpha value is -0.300. The quantitative estimate of drug-likeness (QED) is 0.548. The largest absolute Gasteiger partial charge is 0.0801 e. The van der Waals surface area contributed by atoms with Gasteiger partial charge in [0.05, 0.1) is 4.83 Å². The Morgan fingerprint density at radius 1 is 1.56 bits per heavy atom. The second-order valence-electron chi connectivity index (χ2n) is 2.32. The van der Waals surface area contributed by atoms with Gasteiger partial charge in [-0.15, -0.1) is 0 Å². The second-order valence-corrected chi connectivity index (χ2v) is 3.31. The summed E-state index contributed by atoms with van der Waals surface area (Å²) in [6.45, 7) is 0. The van der Waals surface area contributed by atoms with E-state index in [1.54, 1.807) is 0 Å². The lowest BCUT2D eigenvalue weighted by Crippen LogP contribution is -1.74. The molecule has 0 spiro atoms. The minimum absolute atomic E-state index is 0.575. The number of hydrogen-bond acceptors (Lipinski definition) is 0. The Morgan fingerprint density at radius 2 is 2.33 bits per heavy atom. The predicted molar refractivity (Wildman–Crippen MR) is 42.6 cm³/mol. The molecular formula is C8H7Br. The molecule has 0 radical (unpaired) electrons. The third-order valence-corrected chi connectivity index (χ3v) is 2.38. The molecule has 1 atom stereocenters. The van der Waals surface area contributed by atoms with Crippen LogP contribution in [0.25, 0.3) is 0 Å². The summed E-state index contributed by atoms with van der Waals surface area (Å²) in [6.07, 6.45) is 9.97. The summed E-state index contributed by atoms with van der Waals surface area (Å²) in [5, 5.41) is 0. The molecule has 0 fully saturated rings. The highest BCUT2D eigenvalue weighted by Gasteiger charge is 2.23. The van der Waals surface area contributed by atoms with Crippen LogP contribution in [0.5, 0.6) is 0 Å². The summed E-state index contributed by atoms with van der Waals surface area (Å²) in [4.78, 5) is 0.575. The van der Waals surface area contributed by atoms with Crippen molar-refractivity contribution >= 4 is 15.9 Å². The molecule has 0 nitrogen and oxygen atoms in total. The Balaban J connectivity index is 2.16. The Labute approximate surface area is 63.1 Å². The van der Waals surface area contributed by atoms with E-state index in [2.05, 4.69) is 40.2 Å². The lowest BCUT2D eigenvalue weighted by Gasteiger charge is -1.87. The molecule has 2 aliphatic rings. The SMILES string of the molecule is BrC1C=C1C1=CCC=C1. The zero-order valence-electron chi connectivity index (χ0n) is 4.97. The van der Waals surface area contributed by atoms with Crippen LogP contribution in [0.2, 0.25) is 0 Å². The molecule has 0 aromatic heterocycles. The topological polar surface area (TPSA) is 0 Å². The summed E-state index contributed by atoms with van der Waals surface area (Å²) in [7, 11) is 0. The van der Waals surface area contributed by atoms with E-state index in [1.165, 1.54) is 11.1 Å². The van der Waals surface area contributed by atoms with Crippen LogP contribution in [0, 0.1) is 0 Å². The van der Waals surface area contributed by atoms with Gasteiger partial charge in [-0.2, -0.15) is 0 Å². The fraction of sp³-hybridized carbons (Fsp3) is 0.250. The molecule has 2 rings (SSSR count). The molecule has 0 heterocycles. The van der Waals surface area contributed by atoms with Crippen LogP contribution in [-0.4, -0.2) is 4.83 Å². The van der Waals surface area contributed by atoms with Crippen LogP contribution >= 0.6 is 15.9 Å². The average molecular weight is 183 g/mol. The van der Waals surface area contributed by atoms with Crippen molar-refractivity contribution in [2.75, 3.05) is 0 Å². The van der Waals surface area contributed by atoms with E-state index >= 15 is 0 Å². The van der Waals surface area contributed by atoms with Crippen molar-refractivity contribution in [3.05, 3.63) is 35.5 Å². The molecule has 0 N–H and O–H groups in total. The second kappa shape index (κ2) is 1.84. The standard InChI is InChI=1S/C8H7Br/c9-8-5-7(8)6-3-1-2-4-6/h1,3-5,8H,2H2. The summed E-state index contributed by atoms with van der Waals surface area (Å²) in [5.74, 6) is 0. The molecule has 0 aromatic carbocycles. The minimum atomic E-state index is 0.575. The summed E-state index contributed by atoms with van der Waals surface area (Å²) < 4.78 is 0. The molecule has 1 unspecified atom stereocenters. The highest BCUT2D eigenvalue weighted by atomic mass is 79.9. The number of halogens is 1. The van der Waals surface area contributed by atoms with Crippen LogP contribution in [0.1, 0.15) is 6.42 Å². The van der Waals surface area contributed by atoms with Crippen molar-refractivity contribution in [2.24, 2.45) is 0 Å². The first-order chi connectivity index (χ1) is 4.38. The maximum absolute atomic E-state index is 3.49. The molecule has 0 saturated heterocycles. The molecule has 0 bridgehead atoms. The number of rotatable bonds is 1. The van der Waals surface area contributed by atoms with Crippen LogP contribution in [-0.2, 0) is 0 Å². The first kappa shape index (κ1) is 5.48. The number of alkyl halides is 1. The first-order valence-electron chi connectivity index (χ1n) is 3.11. The van der Waals surface area contributed by atoms with Crippen molar-refractivity contribution in [1.82, 2.24) is 0 Å². The molecular weight excluding hydrogens is 176 g/mol. The van der Waals surface area contributed by atoms with Gasteiger partial charge in [-0.25, -0.2) is 0 Å². The van der Waals surface area contributed by atoms with Gasteiger partial charge in [-0.3, -0.25) is 0 Å². The monoisotopic (exact) mass is 182 g/mol. The highest BCUT2D eigenvalue weighted by Crippen LogP contribution is 2.36. The maximum Gasteiger partial charge on any atom is 0.0584 e.